The van der Waals surface area contributed by atoms with E-state index < -0.39 is 23.8 Å². The zero-order valence-electron chi connectivity index (χ0n) is 18.2. The predicted molar refractivity (Wildman–Crippen MR) is 119 cm³/mol. The van der Waals surface area contributed by atoms with E-state index in [1.807, 2.05) is 6.92 Å². The average molecular weight is 480 g/mol. The molecule has 2 heterocycles. The third-order valence-corrected chi connectivity index (χ3v) is 6.70. The minimum Gasteiger partial charge on any atom is -0.466 e. The zero-order chi connectivity index (χ0) is 23.8. The zero-order valence-corrected chi connectivity index (χ0v) is 19.1. The fraction of sp³-hybridized carbons (Fsp3) is 0.435. The van der Waals surface area contributed by atoms with E-state index in [-0.39, 0.29) is 17.9 Å². The third-order valence-electron chi connectivity index (χ3n) is 5.81. The molecular weight excluding hydrogens is 455 g/mol. The maximum Gasteiger partial charge on any atom is 0.416 e. The van der Waals surface area contributed by atoms with Gasteiger partial charge in [0.25, 0.3) is 0 Å². The highest BCUT2D eigenvalue weighted by atomic mass is 32.2. The first-order valence-corrected chi connectivity index (χ1v) is 11.6. The molecule has 0 bridgehead atoms. The number of benzene rings is 1. The van der Waals surface area contributed by atoms with Gasteiger partial charge < -0.3 is 15.0 Å². The number of thioether (sulfide) groups is 1. The molecule has 2 aliphatic heterocycles. The first-order chi connectivity index (χ1) is 15.7. The molecule has 6 nitrogen and oxygen atoms in total. The Morgan fingerprint density at radius 2 is 1.94 bits per heavy atom. The Morgan fingerprint density at radius 1 is 1.24 bits per heavy atom. The van der Waals surface area contributed by atoms with Crippen LogP contribution in [0.2, 0.25) is 0 Å². The SMILES string of the molecule is CCC1=C(C(=O)OC)C(c2ccc(C(F)(F)F)cc2)N2C(CC(=O)NCC3CC3)=CSC2=N1. The summed E-state index contributed by atoms with van der Waals surface area (Å²) in [6, 6.07) is 3.97. The van der Waals surface area contributed by atoms with Crippen LogP contribution in [0.5, 0.6) is 0 Å². The number of nitrogens with one attached hydrogen (secondary N) is 1. The molecule has 0 saturated heterocycles. The minimum atomic E-state index is -4.47. The molecule has 0 radical (unpaired) electrons. The second-order valence-corrected chi connectivity index (χ2v) is 8.98. The first-order valence-electron chi connectivity index (χ1n) is 10.7. The van der Waals surface area contributed by atoms with Crippen molar-refractivity contribution in [3.8, 4) is 0 Å². The molecule has 1 aromatic carbocycles. The van der Waals surface area contributed by atoms with Crippen molar-refractivity contribution in [3.63, 3.8) is 0 Å². The lowest BCUT2D eigenvalue weighted by molar-refractivity contribution is -0.138. The van der Waals surface area contributed by atoms with Crippen molar-refractivity contribution in [2.24, 2.45) is 10.9 Å². The van der Waals surface area contributed by atoms with Crippen LogP contribution >= 0.6 is 11.8 Å². The molecule has 1 aliphatic carbocycles. The summed E-state index contributed by atoms with van der Waals surface area (Å²) < 4.78 is 44.4. The van der Waals surface area contributed by atoms with Gasteiger partial charge in [-0.05, 0) is 48.3 Å². The number of rotatable bonds is 7. The molecule has 4 rings (SSSR count). The highest BCUT2D eigenvalue weighted by molar-refractivity contribution is 8.16. The van der Waals surface area contributed by atoms with E-state index in [1.165, 1.54) is 31.0 Å². The van der Waals surface area contributed by atoms with Gasteiger partial charge >= 0.3 is 12.1 Å². The van der Waals surface area contributed by atoms with Gasteiger partial charge in [-0.25, -0.2) is 9.79 Å². The van der Waals surface area contributed by atoms with E-state index in [1.54, 1.807) is 10.3 Å². The van der Waals surface area contributed by atoms with Crippen LogP contribution in [-0.4, -0.2) is 35.6 Å². The monoisotopic (exact) mass is 479 g/mol. The van der Waals surface area contributed by atoms with Gasteiger partial charge in [-0.15, -0.1) is 0 Å². The lowest BCUT2D eigenvalue weighted by atomic mass is 9.92. The Kier molecular flexibility index (Phi) is 6.56. The van der Waals surface area contributed by atoms with Crippen molar-refractivity contribution < 1.29 is 27.5 Å². The van der Waals surface area contributed by atoms with Gasteiger partial charge in [-0.2, -0.15) is 13.2 Å². The molecule has 1 amide bonds. The summed E-state index contributed by atoms with van der Waals surface area (Å²) >= 11 is 1.33. The number of hydrogen-bond donors (Lipinski definition) is 1. The normalized spacial score (nSPS) is 20.3. The summed E-state index contributed by atoms with van der Waals surface area (Å²) in [6.07, 6.45) is -1.72. The molecule has 0 aromatic heterocycles. The van der Waals surface area contributed by atoms with E-state index in [9.17, 15) is 22.8 Å². The summed E-state index contributed by atoms with van der Waals surface area (Å²) in [5, 5.41) is 5.31. The number of esters is 1. The van der Waals surface area contributed by atoms with Crippen LogP contribution in [0.25, 0.3) is 0 Å². The summed E-state index contributed by atoms with van der Waals surface area (Å²) in [7, 11) is 1.26. The van der Waals surface area contributed by atoms with Gasteiger partial charge in [0.05, 0.1) is 36.4 Å². The van der Waals surface area contributed by atoms with Crippen LogP contribution in [0.4, 0.5) is 13.2 Å². The van der Waals surface area contributed by atoms with Crippen LogP contribution in [0, 0.1) is 5.92 Å². The lowest BCUT2D eigenvalue weighted by Crippen LogP contribution is -2.38. The molecule has 176 valence electrons. The van der Waals surface area contributed by atoms with Gasteiger partial charge in [-0.1, -0.05) is 30.8 Å². The van der Waals surface area contributed by atoms with Gasteiger partial charge in [0.1, 0.15) is 0 Å². The number of allylic oxidation sites excluding steroid dienone is 1. The quantitative estimate of drug-likeness (QED) is 0.571. The van der Waals surface area contributed by atoms with E-state index in [0.717, 1.165) is 25.0 Å². The number of carbonyl (C=O) groups is 2. The maximum absolute atomic E-state index is 13.1. The van der Waals surface area contributed by atoms with Crippen molar-refractivity contribution in [2.75, 3.05) is 13.7 Å². The Bertz CT molecular complexity index is 1040. The molecular formula is C23H24F3N3O3S. The Morgan fingerprint density at radius 3 is 2.52 bits per heavy atom. The van der Waals surface area contributed by atoms with E-state index in [2.05, 4.69) is 10.3 Å². The summed E-state index contributed by atoms with van der Waals surface area (Å²) in [4.78, 5) is 31.7. The number of nitrogens with zero attached hydrogens (tertiary/aromatic N) is 2. The van der Waals surface area contributed by atoms with E-state index in [4.69, 9.17) is 4.74 Å². The molecule has 3 aliphatic rings. The Balaban J connectivity index is 1.70. The molecule has 1 saturated carbocycles. The number of ether oxygens (including phenoxy) is 1. The van der Waals surface area contributed by atoms with Crippen molar-refractivity contribution >= 4 is 28.8 Å². The Hall–Kier alpha value is -2.75. The number of amidine groups is 1. The molecule has 1 unspecified atom stereocenters. The second-order valence-electron chi connectivity index (χ2n) is 8.14. The number of carbonyl (C=O) groups excluding carboxylic acids is 2. The van der Waals surface area contributed by atoms with Gasteiger partial charge in [-0.3, -0.25) is 4.79 Å². The van der Waals surface area contributed by atoms with E-state index >= 15 is 0 Å². The number of aliphatic imine (C=N–C) groups is 1. The maximum atomic E-state index is 13.1. The van der Waals surface area contributed by atoms with Crippen LogP contribution in [0.15, 0.2) is 51.6 Å². The highest BCUT2D eigenvalue weighted by Crippen LogP contribution is 2.45. The molecule has 1 fully saturated rings. The van der Waals surface area contributed by atoms with Gasteiger partial charge in [0.15, 0.2) is 5.17 Å². The third kappa shape index (κ3) is 4.95. The number of amides is 1. The first kappa shape index (κ1) is 23.4. The highest BCUT2D eigenvalue weighted by Gasteiger charge is 2.42. The number of alkyl halides is 3. The molecule has 33 heavy (non-hydrogen) atoms. The van der Waals surface area contributed by atoms with Crippen LogP contribution in [-0.2, 0) is 20.5 Å². The summed E-state index contributed by atoms with van der Waals surface area (Å²) in [6.45, 7) is 2.48. The fourth-order valence-corrected chi connectivity index (χ4v) is 4.83. The molecule has 1 aromatic rings. The largest absolute Gasteiger partial charge is 0.466 e. The second kappa shape index (κ2) is 9.24. The molecule has 10 heteroatoms. The van der Waals surface area contributed by atoms with E-state index in [0.29, 0.717) is 41.0 Å². The number of hydrogen-bond acceptors (Lipinski definition) is 6. The van der Waals surface area contributed by atoms with Crippen molar-refractivity contribution in [1.82, 2.24) is 10.2 Å². The summed E-state index contributed by atoms with van der Waals surface area (Å²) in [5.41, 5.74) is 1.11. The lowest BCUT2D eigenvalue weighted by Gasteiger charge is -2.36. The number of halogens is 3. The molecule has 1 atom stereocenters. The molecule has 1 N–H and O–H groups in total. The average Bonchev–Trinajstić information content (AvgIpc) is 3.55. The fourth-order valence-electron chi connectivity index (χ4n) is 3.89. The molecule has 0 spiro atoms. The van der Waals surface area contributed by atoms with Crippen molar-refractivity contribution in [1.29, 1.82) is 0 Å². The van der Waals surface area contributed by atoms with Crippen LogP contribution < -0.4 is 5.32 Å². The number of fused-ring (bicyclic) bond motifs is 1. The summed E-state index contributed by atoms with van der Waals surface area (Å²) in [5.74, 6) is -0.214. The van der Waals surface area contributed by atoms with Gasteiger partial charge in [0.2, 0.25) is 5.91 Å². The van der Waals surface area contributed by atoms with Crippen molar-refractivity contribution in [2.45, 2.75) is 44.8 Å². The van der Waals surface area contributed by atoms with Crippen LogP contribution in [0.3, 0.4) is 0 Å². The predicted octanol–water partition coefficient (Wildman–Crippen LogP) is 4.76. The standard InChI is InChI=1S/C23H24F3N3O3S/c1-3-17-19(21(31)32-2)20(14-6-8-15(9-7-14)23(24,25)26)29-16(12-33-22(29)28-17)10-18(30)27-11-13-4-5-13/h6-9,12-13,20H,3-5,10-11H2,1-2H3,(H,27,30). The Labute approximate surface area is 194 Å². The smallest absolute Gasteiger partial charge is 0.416 e. The number of methoxy groups -OCH3 is 1. The van der Waals surface area contributed by atoms with Crippen molar-refractivity contribution in [3.05, 3.63) is 57.8 Å². The van der Waals surface area contributed by atoms with Gasteiger partial charge in [0, 0.05) is 12.2 Å². The minimum absolute atomic E-state index is 0.0752. The topological polar surface area (TPSA) is 71.0 Å². The van der Waals surface area contributed by atoms with Crippen LogP contribution in [0.1, 0.15) is 49.8 Å².